The van der Waals surface area contributed by atoms with Gasteiger partial charge in [0.25, 0.3) is 0 Å². The molecule has 0 amide bonds. The molecular formula is C13H20O2. The van der Waals surface area contributed by atoms with Crippen LogP contribution in [0.15, 0.2) is 12.2 Å². The van der Waals surface area contributed by atoms with E-state index in [1.54, 1.807) is 0 Å². The van der Waals surface area contributed by atoms with Gasteiger partial charge in [-0.1, -0.05) is 26.0 Å². The van der Waals surface area contributed by atoms with Gasteiger partial charge in [0.05, 0.1) is 12.2 Å². The van der Waals surface area contributed by atoms with E-state index in [4.69, 9.17) is 9.47 Å². The Morgan fingerprint density at radius 2 is 1.93 bits per heavy atom. The molecule has 2 nitrogen and oxygen atoms in total. The molecule has 1 aliphatic carbocycles. The Morgan fingerprint density at radius 3 is 2.53 bits per heavy atom. The molecule has 2 heteroatoms. The first-order valence-corrected chi connectivity index (χ1v) is 5.96. The van der Waals surface area contributed by atoms with E-state index in [2.05, 4.69) is 39.8 Å². The average Bonchev–Trinajstić information content (AvgIpc) is 2.64. The number of hydrogen-bond acceptors (Lipinski definition) is 2. The van der Waals surface area contributed by atoms with E-state index in [-0.39, 0.29) is 22.7 Å². The molecular weight excluding hydrogens is 188 g/mol. The minimum atomic E-state index is -0.192. The third-order valence-corrected chi connectivity index (χ3v) is 4.69. The molecule has 0 aromatic heterocycles. The second kappa shape index (κ2) is 2.49. The maximum absolute atomic E-state index is 6.23. The molecule has 0 aromatic carbocycles. The summed E-state index contributed by atoms with van der Waals surface area (Å²) in [6, 6.07) is 0. The van der Waals surface area contributed by atoms with Gasteiger partial charge in [-0.15, -0.1) is 0 Å². The molecule has 3 rings (SSSR count). The largest absolute Gasteiger partial charge is 0.363 e. The van der Waals surface area contributed by atoms with Gasteiger partial charge in [-0.05, 0) is 26.7 Å². The number of epoxide rings is 1. The van der Waals surface area contributed by atoms with Gasteiger partial charge in [-0.2, -0.15) is 0 Å². The van der Waals surface area contributed by atoms with Crippen LogP contribution in [-0.4, -0.2) is 23.4 Å². The Bertz CT molecular complexity index is 327. The summed E-state index contributed by atoms with van der Waals surface area (Å²) in [6.07, 6.45) is 7.44. The zero-order valence-corrected chi connectivity index (χ0v) is 10.0. The van der Waals surface area contributed by atoms with Gasteiger partial charge < -0.3 is 9.47 Å². The molecule has 0 N–H and O–H groups in total. The van der Waals surface area contributed by atoms with Gasteiger partial charge >= 0.3 is 0 Å². The molecule has 1 saturated carbocycles. The van der Waals surface area contributed by atoms with Crippen molar-refractivity contribution in [2.75, 3.05) is 0 Å². The van der Waals surface area contributed by atoms with Crippen molar-refractivity contribution in [3.05, 3.63) is 12.2 Å². The van der Waals surface area contributed by atoms with E-state index in [0.29, 0.717) is 6.10 Å². The summed E-state index contributed by atoms with van der Waals surface area (Å²) in [4.78, 5) is 0. The van der Waals surface area contributed by atoms with Gasteiger partial charge in [0, 0.05) is 5.41 Å². The molecule has 1 spiro atoms. The van der Waals surface area contributed by atoms with E-state index in [0.717, 1.165) is 0 Å². The molecule has 3 aliphatic rings. The third kappa shape index (κ3) is 0.974. The summed E-state index contributed by atoms with van der Waals surface area (Å²) in [5.41, 5.74) is -0.0889. The van der Waals surface area contributed by atoms with Gasteiger partial charge in [-0.25, -0.2) is 0 Å². The summed E-state index contributed by atoms with van der Waals surface area (Å²) in [5, 5.41) is 0. The monoisotopic (exact) mass is 208 g/mol. The average molecular weight is 208 g/mol. The van der Waals surface area contributed by atoms with Crippen LogP contribution in [-0.2, 0) is 9.47 Å². The first-order chi connectivity index (χ1) is 6.91. The summed E-state index contributed by atoms with van der Waals surface area (Å²) in [5.74, 6) is 0. The Balaban J connectivity index is 2.06. The predicted octanol–water partition coefficient (Wildman–Crippen LogP) is 2.68. The van der Waals surface area contributed by atoms with Crippen LogP contribution in [0.25, 0.3) is 0 Å². The molecule has 2 aliphatic heterocycles. The lowest BCUT2D eigenvalue weighted by molar-refractivity contribution is -0.140. The smallest absolute Gasteiger partial charge is 0.125 e. The fourth-order valence-electron chi connectivity index (χ4n) is 3.58. The van der Waals surface area contributed by atoms with Crippen molar-refractivity contribution in [1.82, 2.24) is 0 Å². The van der Waals surface area contributed by atoms with Crippen molar-refractivity contribution in [2.45, 2.75) is 63.9 Å². The van der Waals surface area contributed by atoms with Crippen LogP contribution < -0.4 is 0 Å². The van der Waals surface area contributed by atoms with Gasteiger partial charge in [0.15, 0.2) is 0 Å². The van der Waals surface area contributed by atoms with Crippen LogP contribution in [0, 0.1) is 5.41 Å². The minimum absolute atomic E-state index is 0.0734. The normalized spacial score (nSPS) is 55.7. The van der Waals surface area contributed by atoms with Crippen molar-refractivity contribution in [3.63, 3.8) is 0 Å². The highest BCUT2D eigenvalue weighted by Gasteiger charge is 2.74. The molecule has 15 heavy (non-hydrogen) atoms. The highest BCUT2D eigenvalue weighted by molar-refractivity contribution is 5.32. The van der Waals surface area contributed by atoms with E-state index < -0.39 is 0 Å². The Morgan fingerprint density at radius 1 is 1.20 bits per heavy atom. The molecule has 4 unspecified atom stereocenters. The van der Waals surface area contributed by atoms with Crippen molar-refractivity contribution in [3.8, 4) is 0 Å². The molecule has 0 radical (unpaired) electrons. The van der Waals surface area contributed by atoms with Gasteiger partial charge in [-0.3, -0.25) is 0 Å². The molecule has 0 aromatic rings. The molecule has 1 saturated heterocycles. The highest BCUT2D eigenvalue weighted by Crippen LogP contribution is 2.63. The second-order valence-corrected chi connectivity index (χ2v) is 6.05. The lowest BCUT2D eigenvalue weighted by atomic mass is 9.60. The summed E-state index contributed by atoms with van der Waals surface area (Å²) in [7, 11) is 0. The lowest BCUT2D eigenvalue weighted by Crippen LogP contribution is -2.58. The molecule has 2 heterocycles. The van der Waals surface area contributed by atoms with Crippen LogP contribution in [0.1, 0.15) is 40.5 Å². The third-order valence-electron chi connectivity index (χ3n) is 4.69. The molecule has 2 fully saturated rings. The summed E-state index contributed by atoms with van der Waals surface area (Å²) >= 11 is 0. The van der Waals surface area contributed by atoms with Gasteiger partial charge in [0.2, 0.25) is 0 Å². The summed E-state index contributed by atoms with van der Waals surface area (Å²) in [6.45, 7) is 8.93. The molecule has 4 atom stereocenters. The second-order valence-electron chi connectivity index (χ2n) is 6.05. The SMILES string of the molecule is CC1C=CC2(O1)C(C)(C)CCC1OC12C. The van der Waals surface area contributed by atoms with Crippen LogP contribution in [0.5, 0.6) is 0 Å². The van der Waals surface area contributed by atoms with E-state index >= 15 is 0 Å². The lowest BCUT2D eigenvalue weighted by Gasteiger charge is -2.48. The maximum Gasteiger partial charge on any atom is 0.125 e. The topological polar surface area (TPSA) is 21.8 Å². The Labute approximate surface area is 91.6 Å². The zero-order chi connectivity index (χ0) is 10.9. The van der Waals surface area contributed by atoms with Crippen LogP contribution in [0.2, 0.25) is 0 Å². The van der Waals surface area contributed by atoms with Gasteiger partial charge in [0.1, 0.15) is 11.2 Å². The standard InChI is InChI=1S/C13H20O2/c1-9-5-8-13(14-9)11(2,3)7-6-10-12(13,4)15-10/h5,8-10H,6-7H2,1-4H3. The first-order valence-electron chi connectivity index (χ1n) is 5.96. The van der Waals surface area contributed by atoms with E-state index in [1.807, 2.05) is 0 Å². The number of rotatable bonds is 0. The first kappa shape index (κ1) is 9.86. The molecule has 0 bridgehead atoms. The Kier molecular flexibility index (Phi) is 1.64. The van der Waals surface area contributed by atoms with Crippen molar-refractivity contribution < 1.29 is 9.47 Å². The molecule has 84 valence electrons. The van der Waals surface area contributed by atoms with Crippen LogP contribution in [0.4, 0.5) is 0 Å². The van der Waals surface area contributed by atoms with Crippen molar-refractivity contribution in [1.29, 1.82) is 0 Å². The maximum atomic E-state index is 6.23. The fraction of sp³-hybridized carbons (Fsp3) is 0.846. The fourth-order valence-corrected chi connectivity index (χ4v) is 3.58. The summed E-state index contributed by atoms with van der Waals surface area (Å²) < 4.78 is 12.1. The van der Waals surface area contributed by atoms with Crippen LogP contribution >= 0.6 is 0 Å². The zero-order valence-electron chi connectivity index (χ0n) is 10.0. The van der Waals surface area contributed by atoms with Crippen molar-refractivity contribution in [2.24, 2.45) is 5.41 Å². The van der Waals surface area contributed by atoms with Crippen LogP contribution in [0.3, 0.4) is 0 Å². The van der Waals surface area contributed by atoms with Crippen molar-refractivity contribution >= 4 is 0 Å². The number of ether oxygens (including phenoxy) is 2. The van der Waals surface area contributed by atoms with E-state index in [1.165, 1.54) is 12.8 Å². The quantitative estimate of drug-likeness (QED) is 0.451. The number of hydrogen-bond donors (Lipinski definition) is 0. The number of fused-ring (bicyclic) bond motifs is 2. The van der Waals surface area contributed by atoms with E-state index in [9.17, 15) is 0 Å². The minimum Gasteiger partial charge on any atom is -0.363 e. The Hall–Kier alpha value is -0.340. The predicted molar refractivity (Wildman–Crippen MR) is 58.7 cm³/mol. The highest BCUT2D eigenvalue weighted by atomic mass is 16.6.